The van der Waals surface area contributed by atoms with Crippen LogP contribution in [0.3, 0.4) is 0 Å². The largest absolute Gasteiger partial charge is 0.303 e. The number of hydrogen-bond donors (Lipinski definition) is 0. The molecule has 1 aliphatic carbocycles. The number of rotatable bonds is 9. The average molecular weight is 239 g/mol. The molecule has 0 aromatic rings. The van der Waals surface area contributed by atoms with Crippen molar-refractivity contribution in [2.24, 2.45) is 11.3 Å². The van der Waals surface area contributed by atoms with Crippen molar-refractivity contribution in [1.82, 2.24) is 4.90 Å². The second-order valence-corrected chi connectivity index (χ2v) is 6.17. The highest BCUT2D eigenvalue weighted by Crippen LogP contribution is 2.52. The zero-order valence-corrected chi connectivity index (χ0v) is 12.6. The van der Waals surface area contributed by atoms with Crippen LogP contribution in [-0.4, -0.2) is 24.5 Å². The van der Waals surface area contributed by atoms with E-state index < -0.39 is 0 Å². The van der Waals surface area contributed by atoms with Crippen LogP contribution in [0.4, 0.5) is 0 Å². The molecule has 1 nitrogen and oxygen atoms in total. The van der Waals surface area contributed by atoms with Crippen LogP contribution in [0, 0.1) is 11.3 Å². The Morgan fingerprint density at radius 1 is 0.941 bits per heavy atom. The summed E-state index contributed by atoms with van der Waals surface area (Å²) in [6.07, 6.45) is 10.0. The summed E-state index contributed by atoms with van der Waals surface area (Å²) in [5, 5.41) is 0. The summed E-state index contributed by atoms with van der Waals surface area (Å²) in [6.45, 7) is 13.2. The standard InChI is InChI=1S/C16H33N/c1-5-9-16(10-6-2)12-15(13-16)14-17(8-4)11-7-3/h15H,5-14H2,1-4H3. The third-order valence-corrected chi connectivity index (χ3v) is 4.51. The van der Waals surface area contributed by atoms with Crippen molar-refractivity contribution in [3.8, 4) is 0 Å². The summed E-state index contributed by atoms with van der Waals surface area (Å²) in [7, 11) is 0. The molecule has 0 N–H and O–H groups in total. The number of nitrogens with zero attached hydrogens (tertiary/aromatic N) is 1. The molecule has 17 heavy (non-hydrogen) atoms. The first-order valence-electron chi connectivity index (χ1n) is 7.92. The van der Waals surface area contributed by atoms with Gasteiger partial charge in [-0.25, -0.2) is 0 Å². The lowest BCUT2D eigenvalue weighted by Gasteiger charge is -2.49. The fraction of sp³-hybridized carbons (Fsp3) is 1.00. The van der Waals surface area contributed by atoms with Gasteiger partial charge in [0.25, 0.3) is 0 Å². The molecule has 0 radical (unpaired) electrons. The van der Waals surface area contributed by atoms with Gasteiger partial charge in [-0.05, 0) is 56.5 Å². The maximum absolute atomic E-state index is 2.65. The molecule has 1 saturated carbocycles. The molecule has 0 saturated heterocycles. The second kappa shape index (κ2) is 7.41. The van der Waals surface area contributed by atoms with Crippen LogP contribution in [0.25, 0.3) is 0 Å². The first kappa shape index (κ1) is 15.0. The Bertz CT molecular complexity index is 186. The molecule has 0 aromatic heterocycles. The van der Waals surface area contributed by atoms with E-state index in [0.717, 1.165) is 11.3 Å². The predicted molar refractivity (Wildman–Crippen MR) is 77.4 cm³/mol. The van der Waals surface area contributed by atoms with Crippen LogP contribution in [0.5, 0.6) is 0 Å². The van der Waals surface area contributed by atoms with Crippen LogP contribution in [0.1, 0.15) is 72.6 Å². The average Bonchev–Trinajstić information content (AvgIpc) is 2.26. The summed E-state index contributed by atoms with van der Waals surface area (Å²) in [5.41, 5.74) is 0.750. The smallest absolute Gasteiger partial charge is 0.000995 e. The van der Waals surface area contributed by atoms with Crippen molar-refractivity contribution in [2.45, 2.75) is 72.6 Å². The van der Waals surface area contributed by atoms with E-state index in [1.165, 1.54) is 64.6 Å². The first-order chi connectivity index (χ1) is 8.19. The molecule has 0 aromatic carbocycles. The minimum absolute atomic E-state index is 0.750. The van der Waals surface area contributed by atoms with E-state index in [-0.39, 0.29) is 0 Å². The molecule has 1 heteroatoms. The van der Waals surface area contributed by atoms with Gasteiger partial charge in [0.1, 0.15) is 0 Å². The molecule has 1 rings (SSSR count). The van der Waals surface area contributed by atoms with Crippen LogP contribution in [-0.2, 0) is 0 Å². The lowest BCUT2D eigenvalue weighted by atomic mass is 9.58. The van der Waals surface area contributed by atoms with Gasteiger partial charge < -0.3 is 4.90 Å². The molecular formula is C16H33N. The van der Waals surface area contributed by atoms with E-state index in [0.29, 0.717) is 0 Å². The Morgan fingerprint density at radius 2 is 1.53 bits per heavy atom. The Kier molecular flexibility index (Phi) is 6.54. The monoisotopic (exact) mass is 239 g/mol. The van der Waals surface area contributed by atoms with Gasteiger partial charge in [0.05, 0.1) is 0 Å². The second-order valence-electron chi connectivity index (χ2n) is 6.17. The van der Waals surface area contributed by atoms with Crippen molar-refractivity contribution in [3.05, 3.63) is 0 Å². The third kappa shape index (κ3) is 4.28. The van der Waals surface area contributed by atoms with Crippen LogP contribution in [0.2, 0.25) is 0 Å². The minimum atomic E-state index is 0.750. The molecule has 0 bridgehead atoms. The fourth-order valence-corrected chi connectivity index (χ4v) is 3.95. The summed E-state index contributed by atoms with van der Waals surface area (Å²) in [6, 6.07) is 0. The van der Waals surface area contributed by atoms with E-state index in [2.05, 4.69) is 32.6 Å². The minimum Gasteiger partial charge on any atom is -0.303 e. The molecule has 0 spiro atoms. The van der Waals surface area contributed by atoms with E-state index in [4.69, 9.17) is 0 Å². The molecule has 0 atom stereocenters. The van der Waals surface area contributed by atoms with Crippen LogP contribution < -0.4 is 0 Å². The maximum atomic E-state index is 2.65. The zero-order chi connectivity index (χ0) is 12.7. The van der Waals surface area contributed by atoms with Gasteiger partial charge in [-0.2, -0.15) is 0 Å². The summed E-state index contributed by atoms with van der Waals surface area (Å²) in [5.74, 6) is 1.000. The SMILES string of the molecule is CCCN(CC)CC1CC(CCC)(CCC)C1. The number of hydrogen-bond acceptors (Lipinski definition) is 1. The van der Waals surface area contributed by atoms with Crippen molar-refractivity contribution in [2.75, 3.05) is 19.6 Å². The van der Waals surface area contributed by atoms with Crippen molar-refractivity contribution in [3.63, 3.8) is 0 Å². The van der Waals surface area contributed by atoms with Crippen LogP contribution in [0.15, 0.2) is 0 Å². The third-order valence-electron chi connectivity index (χ3n) is 4.51. The van der Waals surface area contributed by atoms with Gasteiger partial charge in [0.15, 0.2) is 0 Å². The van der Waals surface area contributed by atoms with E-state index in [9.17, 15) is 0 Å². The highest BCUT2D eigenvalue weighted by atomic mass is 15.1. The van der Waals surface area contributed by atoms with Gasteiger partial charge in [0, 0.05) is 6.54 Å². The van der Waals surface area contributed by atoms with Crippen molar-refractivity contribution < 1.29 is 0 Å². The lowest BCUT2D eigenvalue weighted by Crippen LogP contribution is -2.43. The quantitative estimate of drug-likeness (QED) is 0.563. The molecule has 0 aliphatic heterocycles. The van der Waals surface area contributed by atoms with Gasteiger partial charge in [-0.3, -0.25) is 0 Å². The molecule has 1 aliphatic rings. The molecular weight excluding hydrogens is 206 g/mol. The Morgan fingerprint density at radius 3 is 1.94 bits per heavy atom. The molecule has 102 valence electrons. The normalized spacial score (nSPS) is 19.6. The molecule has 0 unspecified atom stereocenters. The first-order valence-corrected chi connectivity index (χ1v) is 7.92. The van der Waals surface area contributed by atoms with E-state index >= 15 is 0 Å². The van der Waals surface area contributed by atoms with Gasteiger partial charge in [-0.15, -0.1) is 0 Å². The Balaban J connectivity index is 2.32. The maximum Gasteiger partial charge on any atom is 0.000995 e. The highest BCUT2D eigenvalue weighted by Gasteiger charge is 2.42. The van der Waals surface area contributed by atoms with Gasteiger partial charge in [-0.1, -0.05) is 40.5 Å². The molecule has 0 heterocycles. The predicted octanol–water partition coefficient (Wildman–Crippen LogP) is 4.71. The highest BCUT2D eigenvalue weighted by molar-refractivity contribution is 4.94. The lowest BCUT2D eigenvalue weighted by molar-refractivity contribution is 0.0129. The molecule has 1 fully saturated rings. The Labute approximate surface area is 109 Å². The van der Waals surface area contributed by atoms with E-state index in [1.54, 1.807) is 0 Å². The van der Waals surface area contributed by atoms with Gasteiger partial charge >= 0.3 is 0 Å². The zero-order valence-electron chi connectivity index (χ0n) is 12.6. The summed E-state index contributed by atoms with van der Waals surface area (Å²) >= 11 is 0. The van der Waals surface area contributed by atoms with Gasteiger partial charge in [0.2, 0.25) is 0 Å². The van der Waals surface area contributed by atoms with E-state index in [1.807, 2.05) is 0 Å². The van der Waals surface area contributed by atoms with Crippen molar-refractivity contribution >= 4 is 0 Å². The van der Waals surface area contributed by atoms with Crippen molar-refractivity contribution in [1.29, 1.82) is 0 Å². The topological polar surface area (TPSA) is 3.24 Å². The van der Waals surface area contributed by atoms with Crippen LogP contribution >= 0.6 is 0 Å². The molecule has 0 amide bonds. The summed E-state index contributed by atoms with van der Waals surface area (Å²) in [4.78, 5) is 2.65. The fourth-order valence-electron chi connectivity index (χ4n) is 3.95. The Hall–Kier alpha value is -0.0400. The summed E-state index contributed by atoms with van der Waals surface area (Å²) < 4.78 is 0.